The summed E-state index contributed by atoms with van der Waals surface area (Å²) in [6, 6.07) is 12.4. The number of esters is 1. The molecule has 0 spiro atoms. The van der Waals surface area contributed by atoms with Crippen molar-refractivity contribution in [3.8, 4) is 10.6 Å². The molecule has 132 valence electrons. The molecular formula is C18H12ClFN2O3S. The van der Waals surface area contributed by atoms with E-state index in [1.165, 1.54) is 35.6 Å². The van der Waals surface area contributed by atoms with Gasteiger partial charge in [-0.1, -0.05) is 23.7 Å². The van der Waals surface area contributed by atoms with Crippen LogP contribution in [0.25, 0.3) is 10.6 Å². The molecule has 0 unspecified atom stereocenters. The molecule has 0 bridgehead atoms. The summed E-state index contributed by atoms with van der Waals surface area (Å²) >= 11 is 7.22. The third-order valence-electron chi connectivity index (χ3n) is 3.25. The zero-order valence-electron chi connectivity index (χ0n) is 13.2. The molecule has 1 amide bonds. The zero-order chi connectivity index (χ0) is 18.5. The number of nitrogens with one attached hydrogen (secondary N) is 1. The third-order valence-corrected chi connectivity index (χ3v) is 4.37. The second kappa shape index (κ2) is 8.07. The lowest BCUT2D eigenvalue weighted by molar-refractivity contribution is -0.119. The van der Waals surface area contributed by atoms with Crippen LogP contribution in [0.15, 0.2) is 53.9 Å². The quantitative estimate of drug-likeness (QED) is 0.656. The number of hydrogen-bond acceptors (Lipinski definition) is 5. The fourth-order valence-electron chi connectivity index (χ4n) is 2.06. The molecule has 0 saturated heterocycles. The lowest BCUT2D eigenvalue weighted by Gasteiger charge is -2.05. The summed E-state index contributed by atoms with van der Waals surface area (Å²) in [6.45, 7) is -0.472. The Bertz CT molecular complexity index is 944. The minimum atomic E-state index is -0.705. The molecular weight excluding hydrogens is 379 g/mol. The minimum absolute atomic E-state index is 0.111. The highest BCUT2D eigenvalue weighted by atomic mass is 35.5. The van der Waals surface area contributed by atoms with Crippen LogP contribution in [0.5, 0.6) is 0 Å². The van der Waals surface area contributed by atoms with Gasteiger partial charge in [0.1, 0.15) is 10.8 Å². The number of carbonyl (C=O) groups excluding carboxylic acids is 2. The maximum absolute atomic E-state index is 12.8. The molecule has 2 aromatic carbocycles. The first-order valence-corrected chi connectivity index (χ1v) is 8.71. The average Bonchev–Trinajstić information content (AvgIpc) is 3.12. The van der Waals surface area contributed by atoms with Crippen molar-refractivity contribution in [2.24, 2.45) is 0 Å². The van der Waals surface area contributed by atoms with Gasteiger partial charge in [-0.2, -0.15) is 0 Å². The first kappa shape index (κ1) is 18.0. The first-order chi connectivity index (χ1) is 12.5. The number of amides is 1. The van der Waals surface area contributed by atoms with E-state index in [0.29, 0.717) is 15.7 Å². The lowest BCUT2D eigenvalue weighted by Crippen LogP contribution is -2.21. The molecule has 1 N–H and O–H groups in total. The monoisotopic (exact) mass is 390 g/mol. The zero-order valence-corrected chi connectivity index (χ0v) is 14.8. The van der Waals surface area contributed by atoms with Gasteiger partial charge in [0.15, 0.2) is 12.3 Å². The number of thiazole rings is 1. The van der Waals surface area contributed by atoms with Crippen molar-refractivity contribution in [1.29, 1.82) is 0 Å². The number of rotatable bonds is 5. The number of aromatic nitrogens is 1. The van der Waals surface area contributed by atoms with Crippen molar-refractivity contribution in [1.82, 2.24) is 4.98 Å². The summed E-state index contributed by atoms with van der Waals surface area (Å²) in [6.07, 6.45) is 0. The number of nitrogens with zero attached hydrogens (tertiary/aromatic N) is 1. The van der Waals surface area contributed by atoms with Gasteiger partial charge in [-0.3, -0.25) is 4.79 Å². The van der Waals surface area contributed by atoms with Gasteiger partial charge in [-0.25, -0.2) is 14.2 Å². The van der Waals surface area contributed by atoms with E-state index in [2.05, 4.69) is 10.3 Å². The van der Waals surface area contributed by atoms with Gasteiger partial charge in [-0.05, 0) is 36.4 Å². The largest absolute Gasteiger partial charge is 0.451 e. The number of carbonyl (C=O) groups is 2. The van der Waals surface area contributed by atoms with Gasteiger partial charge >= 0.3 is 5.97 Å². The molecule has 26 heavy (non-hydrogen) atoms. The molecule has 0 fully saturated rings. The topological polar surface area (TPSA) is 68.3 Å². The van der Waals surface area contributed by atoms with Gasteiger partial charge in [0.25, 0.3) is 5.91 Å². The minimum Gasteiger partial charge on any atom is -0.451 e. The maximum Gasteiger partial charge on any atom is 0.358 e. The van der Waals surface area contributed by atoms with Gasteiger partial charge in [-0.15, -0.1) is 11.3 Å². The maximum atomic E-state index is 12.8. The Balaban J connectivity index is 1.57. The standard InChI is InChI=1S/C18H12ClFN2O3S/c19-12-3-1-2-11(8-12)17-22-15(10-26-17)18(24)25-9-16(23)21-14-6-4-13(20)5-7-14/h1-8,10H,9H2,(H,21,23). The number of anilines is 1. The SMILES string of the molecule is O=C(COC(=O)c1csc(-c2cccc(Cl)c2)n1)Nc1ccc(F)cc1. The van der Waals surface area contributed by atoms with Crippen molar-refractivity contribution in [3.63, 3.8) is 0 Å². The van der Waals surface area contributed by atoms with Gasteiger partial charge in [0.05, 0.1) is 0 Å². The average molecular weight is 391 g/mol. The Morgan fingerprint density at radius 2 is 1.96 bits per heavy atom. The second-order valence-corrected chi connectivity index (χ2v) is 6.47. The Labute approximate surface area is 157 Å². The summed E-state index contributed by atoms with van der Waals surface area (Å²) in [5, 5.41) is 5.24. The van der Waals surface area contributed by atoms with Crippen LogP contribution in [-0.4, -0.2) is 23.5 Å². The van der Waals surface area contributed by atoms with Gasteiger partial charge in [0, 0.05) is 21.7 Å². The molecule has 0 aliphatic heterocycles. The molecule has 0 aliphatic carbocycles. The summed E-state index contributed by atoms with van der Waals surface area (Å²) in [5.74, 6) is -1.65. The molecule has 3 rings (SSSR count). The molecule has 3 aromatic rings. The number of benzene rings is 2. The second-order valence-electron chi connectivity index (χ2n) is 5.18. The normalized spacial score (nSPS) is 10.4. The van der Waals surface area contributed by atoms with Crippen molar-refractivity contribution in [2.45, 2.75) is 0 Å². The highest BCUT2D eigenvalue weighted by Gasteiger charge is 2.15. The van der Waals surface area contributed by atoms with Crippen LogP contribution in [0.1, 0.15) is 10.5 Å². The van der Waals surface area contributed by atoms with Crippen LogP contribution in [0.2, 0.25) is 5.02 Å². The molecule has 0 saturated carbocycles. The molecule has 5 nitrogen and oxygen atoms in total. The van der Waals surface area contributed by atoms with Gasteiger partial charge in [0.2, 0.25) is 0 Å². The van der Waals surface area contributed by atoms with E-state index in [0.717, 1.165) is 5.56 Å². The Hall–Kier alpha value is -2.77. The van der Waals surface area contributed by atoms with Crippen LogP contribution >= 0.6 is 22.9 Å². The summed E-state index contributed by atoms with van der Waals surface area (Å²) in [5.41, 5.74) is 1.31. The van der Waals surface area contributed by atoms with E-state index < -0.39 is 24.3 Å². The number of halogens is 2. The molecule has 0 atom stereocenters. The van der Waals surface area contributed by atoms with Crippen LogP contribution in [0.3, 0.4) is 0 Å². The van der Waals surface area contributed by atoms with Crippen molar-refractivity contribution >= 4 is 40.5 Å². The smallest absolute Gasteiger partial charge is 0.358 e. The van der Waals surface area contributed by atoms with Crippen molar-refractivity contribution in [2.75, 3.05) is 11.9 Å². The highest BCUT2D eigenvalue weighted by Crippen LogP contribution is 2.26. The van der Waals surface area contributed by atoms with E-state index in [-0.39, 0.29) is 5.69 Å². The van der Waals surface area contributed by atoms with Crippen LogP contribution in [0.4, 0.5) is 10.1 Å². The van der Waals surface area contributed by atoms with Crippen LogP contribution < -0.4 is 5.32 Å². The predicted octanol–water partition coefficient (Wildman–Crippen LogP) is 4.40. The Morgan fingerprint density at radius 1 is 1.19 bits per heavy atom. The highest BCUT2D eigenvalue weighted by molar-refractivity contribution is 7.13. The van der Waals surface area contributed by atoms with Crippen LogP contribution in [0, 0.1) is 5.82 Å². The first-order valence-electron chi connectivity index (χ1n) is 7.45. The molecule has 0 aliphatic rings. The molecule has 8 heteroatoms. The Morgan fingerprint density at radius 3 is 2.69 bits per heavy atom. The van der Waals surface area contributed by atoms with Gasteiger partial charge < -0.3 is 10.1 Å². The third kappa shape index (κ3) is 4.65. The molecule has 0 radical (unpaired) electrons. The van der Waals surface area contributed by atoms with E-state index in [9.17, 15) is 14.0 Å². The predicted molar refractivity (Wildman–Crippen MR) is 97.9 cm³/mol. The van der Waals surface area contributed by atoms with E-state index in [1.807, 2.05) is 6.07 Å². The number of hydrogen-bond donors (Lipinski definition) is 1. The van der Waals surface area contributed by atoms with Crippen molar-refractivity contribution in [3.05, 3.63) is 70.4 Å². The fourth-order valence-corrected chi connectivity index (χ4v) is 3.03. The van der Waals surface area contributed by atoms with Crippen molar-refractivity contribution < 1.29 is 18.7 Å². The fraction of sp³-hybridized carbons (Fsp3) is 0.0556. The number of ether oxygens (including phenoxy) is 1. The van der Waals surface area contributed by atoms with E-state index >= 15 is 0 Å². The molecule has 1 heterocycles. The van der Waals surface area contributed by atoms with Crippen LogP contribution in [-0.2, 0) is 9.53 Å². The summed E-state index contributed by atoms with van der Waals surface area (Å²) in [7, 11) is 0. The van der Waals surface area contributed by atoms with E-state index in [4.69, 9.17) is 16.3 Å². The lowest BCUT2D eigenvalue weighted by atomic mass is 10.2. The van der Waals surface area contributed by atoms with E-state index in [1.54, 1.807) is 23.6 Å². The Kier molecular flexibility index (Phi) is 5.60. The molecule has 1 aromatic heterocycles. The summed E-state index contributed by atoms with van der Waals surface area (Å²) < 4.78 is 17.8. The summed E-state index contributed by atoms with van der Waals surface area (Å²) in [4.78, 5) is 28.0.